The molecule has 2 bridgehead atoms. The Bertz CT molecular complexity index is 1240. The van der Waals surface area contributed by atoms with Gasteiger partial charge in [-0.15, -0.1) is 13.2 Å². The van der Waals surface area contributed by atoms with Crippen molar-refractivity contribution >= 4 is 14.5 Å². The van der Waals surface area contributed by atoms with Gasteiger partial charge in [0.15, 0.2) is 14.4 Å². The van der Waals surface area contributed by atoms with Crippen LogP contribution in [0.4, 0.5) is 4.79 Å². The zero-order valence-electron chi connectivity index (χ0n) is 24.2. The van der Waals surface area contributed by atoms with Gasteiger partial charge in [0.1, 0.15) is 5.60 Å². The van der Waals surface area contributed by atoms with Crippen LogP contribution in [0.1, 0.15) is 46.1 Å². The molecule has 6 heteroatoms. The van der Waals surface area contributed by atoms with Crippen molar-refractivity contribution in [2.75, 3.05) is 6.61 Å². The standard InChI is InChI=1S/C33H42O5Si/c1-9-23(3)27-32(20-19-24-15-12-11-13-16-24)28(36-29(34)37-32)31(22-35-39(7,8)30(4,5)6)21-26-18-14-17-25(10-2)33(26,27)38-31/h9-16,18,23,25-28H,1-2,17,21-22H2,3-8H3/t23-,25+,26+,27+,28+,31+,32-,33+/m0/s1. The van der Waals surface area contributed by atoms with Gasteiger partial charge in [0.05, 0.1) is 18.1 Å². The number of hydrogen-bond acceptors (Lipinski definition) is 5. The summed E-state index contributed by atoms with van der Waals surface area (Å²) >= 11 is 0. The van der Waals surface area contributed by atoms with E-state index in [4.69, 9.17) is 18.6 Å². The zero-order chi connectivity index (χ0) is 28.3. The van der Waals surface area contributed by atoms with E-state index in [1.54, 1.807) is 0 Å². The quantitative estimate of drug-likeness (QED) is 0.165. The van der Waals surface area contributed by atoms with Gasteiger partial charge in [-0.2, -0.15) is 0 Å². The van der Waals surface area contributed by atoms with E-state index in [1.807, 2.05) is 42.5 Å². The van der Waals surface area contributed by atoms with Gasteiger partial charge in [0, 0.05) is 17.4 Å². The predicted octanol–water partition coefficient (Wildman–Crippen LogP) is 7.06. The third-order valence-corrected chi connectivity index (χ3v) is 14.5. The zero-order valence-corrected chi connectivity index (χ0v) is 25.2. The minimum atomic E-state index is -2.16. The molecule has 0 radical (unpaired) electrons. The van der Waals surface area contributed by atoms with E-state index in [0.717, 1.165) is 12.0 Å². The highest BCUT2D eigenvalue weighted by molar-refractivity contribution is 6.74. The van der Waals surface area contributed by atoms with Crippen molar-refractivity contribution in [3.8, 4) is 11.8 Å². The van der Waals surface area contributed by atoms with Crippen LogP contribution in [-0.2, 0) is 18.6 Å². The number of allylic oxidation sites excluding steroid dienone is 2. The summed E-state index contributed by atoms with van der Waals surface area (Å²) in [6, 6.07) is 9.79. The van der Waals surface area contributed by atoms with Gasteiger partial charge in [-0.3, -0.25) is 0 Å². The smallest absolute Gasteiger partial charge is 0.422 e. The second kappa shape index (κ2) is 9.51. The third kappa shape index (κ3) is 4.16. The van der Waals surface area contributed by atoms with E-state index in [1.165, 1.54) is 0 Å². The fourth-order valence-corrected chi connectivity index (χ4v) is 8.09. The highest BCUT2D eigenvalue weighted by atomic mass is 28.4. The number of ether oxygens (including phenoxy) is 3. The van der Waals surface area contributed by atoms with E-state index in [9.17, 15) is 4.79 Å². The molecule has 5 nitrogen and oxygen atoms in total. The summed E-state index contributed by atoms with van der Waals surface area (Å²) < 4.78 is 26.6. The van der Waals surface area contributed by atoms with E-state index < -0.39 is 37.4 Å². The lowest BCUT2D eigenvalue weighted by Crippen LogP contribution is -2.72. The van der Waals surface area contributed by atoms with Crippen molar-refractivity contribution in [2.24, 2.45) is 23.7 Å². The Morgan fingerprint density at radius 3 is 2.59 bits per heavy atom. The summed E-state index contributed by atoms with van der Waals surface area (Å²) in [7, 11) is -2.16. The minimum absolute atomic E-state index is 0.00491. The molecule has 0 aromatic heterocycles. The number of carbonyl (C=O) groups excluding carboxylic acids is 1. The average Bonchev–Trinajstić information content (AvgIpc) is 3.40. The van der Waals surface area contributed by atoms with Crippen molar-refractivity contribution < 1.29 is 23.4 Å². The van der Waals surface area contributed by atoms with Gasteiger partial charge < -0.3 is 18.6 Å². The van der Waals surface area contributed by atoms with Crippen molar-refractivity contribution in [3.05, 3.63) is 73.4 Å². The maximum atomic E-state index is 13.1. The molecule has 1 aromatic rings. The first kappa shape index (κ1) is 28.0. The predicted molar refractivity (Wildman–Crippen MR) is 156 cm³/mol. The third-order valence-electron chi connectivity index (χ3n) is 9.99. The maximum absolute atomic E-state index is 13.1. The van der Waals surface area contributed by atoms with Gasteiger partial charge in [-0.25, -0.2) is 4.79 Å². The molecule has 5 rings (SSSR count). The minimum Gasteiger partial charge on any atom is -0.422 e. The van der Waals surface area contributed by atoms with Gasteiger partial charge in [0.25, 0.3) is 0 Å². The molecule has 0 saturated carbocycles. The molecule has 0 amide bonds. The Kier molecular flexibility index (Phi) is 6.81. The van der Waals surface area contributed by atoms with Gasteiger partial charge in [-0.05, 0) is 54.9 Å². The summed E-state index contributed by atoms with van der Waals surface area (Å²) in [5.74, 6) is 6.49. The summed E-state index contributed by atoms with van der Waals surface area (Å²) in [5.41, 5.74) is -2.00. The van der Waals surface area contributed by atoms with Crippen LogP contribution in [0.15, 0.2) is 67.8 Å². The van der Waals surface area contributed by atoms with Crippen LogP contribution in [0.3, 0.4) is 0 Å². The van der Waals surface area contributed by atoms with E-state index >= 15 is 0 Å². The largest absolute Gasteiger partial charge is 0.510 e. The molecule has 208 valence electrons. The second-order valence-electron chi connectivity index (χ2n) is 13.2. The van der Waals surface area contributed by atoms with Crippen LogP contribution in [0.2, 0.25) is 18.1 Å². The lowest BCUT2D eigenvalue weighted by molar-refractivity contribution is -0.278. The average molecular weight is 547 g/mol. The molecule has 3 heterocycles. The highest BCUT2D eigenvalue weighted by Crippen LogP contribution is 2.67. The lowest BCUT2D eigenvalue weighted by Gasteiger charge is -2.58. The first-order chi connectivity index (χ1) is 18.3. The summed E-state index contributed by atoms with van der Waals surface area (Å²) in [6.07, 6.45) is 8.42. The molecule has 3 saturated heterocycles. The topological polar surface area (TPSA) is 54.0 Å². The molecule has 1 aliphatic carbocycles. The van der Waals surface area contributed by atoms with Crippen molar-refractivity contribution in [3.63, 3.8) is 0 Å². The molecule has 3 aliphatic heterocycles. The lowest BCUT2D eigenvalue weighted by atomic mass is 9.57. The number of fused-ring (bicyclic) bond motifs is 3. The maximum Gasteiger partial charge on any atom is 0.510 e. The number of hydrogen-bond donors (Lipinski definition) is 0. The number of rotatable bonds is 6. The Morgan fingerprint density at radius 1 is 1.23 bits per heavy atom. The molecular formula is C33H42O5Si. The first-order valence-electron chi connectivity index (χ1n) is 14.1. The Morgan fingerprint density at radius 2 is 1.95 bits per heavy atom. The molecule has 4 aliphatic rings. The molecule has 0 N–H and O–H groups in total. The molecule has 8 atom stereocenters. The van der Waals surface area contributed by atoms with E-state index in [-0.39, 0.29) is 28.7 Å². The van der Waals surface area contributed by atoms with Crippen molar-refractivity contribution in [2.45, 2.75) is 81.6 Å². The molecule has 39 heavy (non-hydrogen) atoms. The van der Waals surface area contributed by atoms with Crippen LogP contribution in [0.5, 0.6) is 0 Å². The number of benzene rings is 1. The van der Waals surface area contributed by atoms with Crippen LogP contribution in [0.25, 0.3) is 0 Å². The van der Waals surface area contributed by atoms with Gasteiger partial charge in [-0.1, -0.05) is 76.1 Å². The van der Waals surface area contributed by atoms with Crippen LogP contribution in [0, 0.1) is 35.5 Å². The molecule has 1 spiro atoms. The molecule has 1 aromatic carbocycles. The SMILES string of the molecule is C=C[C@@H]1CC=C[C@@H]2C[C@]3(CO[Si](C)(C)C(C)(C)C)O[C@]12[C@H]([C@@H](C)C=C)[C@]1(C#Cc2ccccc2)OC(=O)O[C@H]31. The first-order valence-corrected chi connectivity index (χ1v) is 17.0. The summed E-state index contributed by atoms with van der Waals surface area (Å²) in [6.45, 7) is 21.9. The molecule has 0 unspecified atom stereocenters. The Hall–Kier alpha value is -2.59. The van der Waals surface area contributed by atoms with Crippen LogP contribution in [-0.4, -0.2) is 44.0 Å². The summed E-state index contributed by atoms with van der Waals surface area (Å²) in [4.78, 5) is 13.1. The van der Waals surface area contributed by atoms with Crippen molar-refractivity contribution in [1.82, 2.24) is 0 Å². The highest BCUT2D eigenvalue weighted by Gasteiger charge is 2.81. The Labute approximate surface area is 234 Å². The normalized spacial score (nSPS) is 37.4. The monoisotopic (exact) mass is 546 g/mol. The van der Waals surface area contributed by atoms with Crippen LogP contribution < -0.4 is 0 Å². The fourth-order valence-electron chi connectivity index (χ4n) is 7.05. The summed E-state index contributed by atoms with van der Waals surface area (Å²) in [5, 5.41) is 0.0118. The fraction of sp³-hybridized carbons (Fsp3) is 0.545. The Balaban J connectivity index is 1.73. The van der Waals surface area contributed by atoms with Crippen LogP contribution >= 0.6 is 0 Å². The van der Waals surface area contributed by atoms with Gasteiger partial charge in [0.2, 0.25) is 5.60 Å². The van der Waals surface area contributed by atoms with E-state index in [0.29, 0.717) is 13.0 Å². The molecule has 3 fully saturated rings. The van der Waals surface area contributed by atoms with Crippen molar-refractivity contribution in [1.29, 1.82) is 0 Å². The molecular weight excluding hydrogens is 504 g/mol. The van der Waals surface area contributed by atoms with Gasteiger partial charge >= 0.3 is 6.16 Å². The second-order valence-corrected chi connectivity index (χ2v) is 18.0. The number of carbonyl (C=O) groups is 1. The van der Waals surface area contributed by atoms with E-state index in [2.05, 4.69) is 77.9 Å².